The summed E-state index contributed by atoms with van der Waals surface area (Å²) in [6, 6.07) is 9.83. The van der Waals surface area contributed by atoms with Crippen molar-refractivity contribution in [2.24, 2.45) is 0 Å². The number of nitrogens with zero attached hydrogens (tertiary/aromatic N) is 2. The van der Waals surface area contributed by atoms with E-state index in [1.807, 2.05) is 38.1 Å². The second-order valence-electron chi connectivity index (χ2n) is 4.12. The van der Waals surface area contributed by atoms with Crippen molar-refractivity contribution in [3.63, 3.8) is 0 Å². The van der Waals surface area contributed by atoms with Gasteiger partial charge >= 0.3 is 0 Å². The Bertz CT molecular complexity index is 511. The lowest BCUT2D eigenvalue weighted by Gasteiger charge is -2.04. The number of hydrogen-bond donors (Lipinski definition) is 0. The Hall–Kier alpha value is -1.90. The molecule has 1 aromatic carbocycles. The highest BCUT2D eigenvalue weighted by Crippen LogP contribution is 2.08. The summed E-state index contributed by atoms with van der Waals surface area (Å²) in [5.74, 6) is 0.119. The molecule has 0 radical (unpaired) electrons. The van der Waals surface area contributed by atoms with E-state index in [1.165, 1.54) is 5.56 Å². The zero-order valence-electron chi connectivity index (χ0n) is 10.2. The summed E-state index contributed by atoms with van der Waals surface area (Å²) in [7, 11) is 0. The summed E-state index contributed by atoms with van der Waals surface area (Å²) in [5, 5.41) is 4.11. The van der Waals surface area contributed by atoms with Crippen molar-refractivity contribution in [3.05, 3.63) is 53.3 Å². The van der Waals surface area contributed by atoms with Crippen molar-refractivity contribution in [1.29, 1.82) is 0 Å². The van der Waals surface area contributed by atoms with Gasteiger partial charge in [-0.1, -0.05) is 29.8 Å². The van der Waals surface area contributed by atoms with Crippen molar-refractivity contribution < 1.29 is 4.79 Å². The Morgan fingerprint density at radius 1 is 1.24 bits per heavy atom. The number of hydrogen-bond acceptors (Lipinski definition) is 2. The molecule has 0 atom stereocenters. The van der Waals surface area contributed by atoms with Crippen LogP contribution in [0.25, 0.3) is 0 Å². The van der Waals surface area contributed by atoms with E-state index in [2.05, 4.69) is 5.10 Å². The summed E-state index contributed by atoms with van der Waals surface area (Å²) in [6.07, 6.45) is 2.11. The van der Waals surface area contributed by atoms with Gasteiger partial charge in [0.05, 0.1) is 0 Å². The molecule has 0 bridgehead atoms. The molecule has 17 heavy (non-hydrogen) atoms. The Morgan fingerprint density at radius 3 is 2.59 bits per heavy atom. The normalized spacial score (nSPS) is 10.5. The van der Waals surface area contributed by atoms with Crippen molar-refractivity contribution >= 4 is 5.78 Å². The van der Waals surface area contributed by atoms with Crippen molar-refractivity contribution in [2.45, 2.75) is 26.8 Å². The van der Waals surface area contributed by atoms with E-state index in [0.29, 0.717) is 12.1 Å². The second-order valence-corrected chi connectivity index (χ2v) is 4.12. The number of aromatic nitrogens is 2. The molecule has 3 nitrogen and oxygen atoms in total. The molecule has 1 heterocycles. The van der Waals surface area contributed by atoms with E-state index in [9.17, 15) is 4.79 Å². The molecule has 2 rings (SSSR count). The second kappa shape index (κ2) is 4.95. The Balaban J connectivity index is 2.14. The van der Waals surface area contributed by atoms with Crippen molar-refractivity contribution in [1.82, 2.24) is 9.78 Å². The Morgan fingerprint density at radius 2 is 1.94 bits per heavy atom. The molecule has 0 saturated heterocycles. The first-order valence-corrected chi connectivity index (χ1v) is 5.81. The standard InChI is InChI=1S/C14H16N2O/c1-3-16-13(8-9-15-16)14(17)10-12-6-4-11(2)5-7-12/h4-9H,3,10H2,1-2H3. The van der Waals surface area contributed by atoms with E-state index in [-0.39, 0.29) is 5.78 Å². The molecule has 2 aromatic rings. The van der Waals surface area contributed by atoms with E-state index in [1.54, 1.807) is 16.9 Å². The van der Waals surface area contributed by atoms with Crippen LogP contribution in [0.3, 0.4) is 0 Å². The van der Waals surface area contributed by atoms with Gasteiger partial charge in [0, 0.05) is 19.2 Å². The first kappa shape index (κ1) is 11.6. The SMILES string of the molecule is CCn1nccc1C(=O)Cc1ccc(C)cc1. The van der Waals surface area contributed by atoms with Gasteiger partial charge in [0.25, 0.3) is 0 Å². The van der Waals surface area contributed by atoms with Crippen LogP contribution in [-0.2, 0) is 13.0 Å². The molecule has 0 N–H and O–H groups in total. The van der Waals surface area contributed by atoms with Crippen LogP contribution in [0.5, 0.6) is 0 Å². The highest BCUT2D eigenvalue weighted by Gasteiger charge is 2.11. The topological polar surface area (TPSA) is 34.9 Å². The average molecular weight is 228 g/mol. The summed E-state index contributed by atoms with van der Waals surface area (Å²) in [5.41, 5.74) is 2.94. The van der Waals surface area contributed by atoms with Crippen LogP contribution in [0.2, 0.25) is 0 Å². The third kappa shape index (κ3) is 2.61. The van der Waals surface area contributed by atoms with Crippen LogP contribution in [0.1, 0.15) is 28.5 Å². The molecule has 88 valence electrons. The third-order valence-electron chi connectivity index (χ3n) is 2.79. The quantitative estimate of drug-likeness (QED) is 0.754. The van der Waals surface area contributed by atoms with Crippen LogP contribution in [-0.4, -0.2) is 15.6 Å². The molecule has 0 fully saturated rings. The number of ketones is 1. The predicted octanol–water partition coefficient (Wildman–Crippen LogP) is 2.64. The lowest BCUT2D eigenvalue weighted by atomic mass is 10.1. The van der Waals surface area contributed by atoms with Crippen LogP contribution < -0.4 is 0 Å². The fraction of sp³-hybridized carbons (Fsp3) is 0.286. The maximum Gasteiger partial charge on any atom is 0.185 e. The molecule has 0 unspecified atom stereocenters. The van der Waals surface area contributed by atoms with Gasteiger partial charge in [-0.3, -0.25) is 9.48 Å². The van der Waals surface area contributed by atoms with E-state index in [4.69, 9.17) is 0 Å². The number of rotatable bonds is 4. The third-order valence-corrected chi connectivity index (χ3v) is 2.79. The molecular weight excluding hydrogens is 212 g/mol. The minimum Gasteiger partial charge on any atom is -0.292 e. The van der Waals surface area contributed by atoms with E-state index < -0.39 is 0 Å². The fourth-order valence-corrected chi connectivity index (χ4v) is 1.80. The van der Waals surface area contributed by atoms with Gasteiger partial charge in [0.15, 0.2) is 5.78 Å². The lowest BCUT2D eigenvalue weighted by Crippen LogP contribution is -2.11. The fourth-order valence-electron chi connectivity index (χ4n) is 1.80. The maximum atomic E-state index is 12.1. The Labute approximate surface area is 101 Å². The molecule has 0 saturated carbocycles. The monoisotopic (exact) mass is 228 g/mol. The maximum absolute atomic E-state index is 12.1. The number of carbonyl (C=O) groups is 1. The number of aryl methyl sites for hydroxylation is 2. The summed E-state index contributed by atoms with van der Waals surface area (Å²) in [6.45, 7) is 4.75. The largest absolute Gasteiger partial charge is 0.292 e. The van der Waals surface area contributed by atoms with Crippen LogP contribution >= 0.6 is 0 Å². The minimum absolute atomic E-state index is 0.119. The molecule has 0 aliphatic carbocycles. The number of carbonyl (C=O) groups excluding carboxylic acids is 1. The van der Waals surface area contributed by atoms with Gasteiger partial charge in [-0.05, 0) is 25.5 Å². The van der Waals surface area contributed by atoms with E-state index >= 15 is 0 Å². The molecule has 0 amide bonds. The summed E-state index contributed by atoms with van der Waals surface area (Å²) >= 11 is 0. The average Bonchev–Trinajstić information content (AvgIpc) is 2.80. The van der Waals surface area contributed by atoms with Gasteiger partial charge in [-0.15, -0.1) is 0 Å². The molecule has 0 aliphatic rings. The first-order valence-electron chi connectivity index (χ1n) is 5.81. The van der Waals surface area contributed by atoms with Crippen molar-refractivity contribution in [3.8, 4) is 0 Å². The molecule has 0 spiro atoms. The molecule has 1 aromatic heterocycles. The van der Waals surface area contributed by atoms with Crippen LogP contribution in [0.15, 0.2) is 36.5 Å². The number of Topliss-reactive ketones (excluding diaryl/α,β-unsaturated/α-hetero) is 1. The Kier molecular flexibility index (Phi) is 3.38. The first-order chi connectivity index (χ1) is 8.20. The van der Waals surface area contributed by atoms with Crippen LogP contribution in [0, 0.1) is 6.92 Å². The smallest absolute Gasteiger partial charge is 0.185 e. The van der Waals surface area contributed by atoms with Gasteiger partial charge < -0.3 is 0 Å². The van der Waals surface area contributed by atoms with Gasteiger partial charge in [-0.2, -0.15) is 5.10 Å². The lowest BCUT2D eigenvalue weighted by molar-refractivity contribution is 0.0983. The van der Waals surface area contributed by atoms with Gasteiger partial charge in [0.2, 0.25) is 0 Å². The highest BCUT2D eigenvalue weighted by atomic mass is 16.1. The van der Waals surface area contributed by atoms with Gasteiger partial charge in [0.1, 0.15) is 5.69 Å². The van der Waals surface area contributed by atoms with Gasteiger partial charge in [-0.25, -0.2) is 0 Å². The summed E-state index contributed by atoms with van der Waals surface area (Å²) < 4.78 is 1.73. The van der Waals surface area contributed by atoms with E-state index in [0.717, 1.165) is 12.1 Å². The molecular formula is C14H16N2O. The highest BCUT2D eigenvalue weighted by molar-refractivity contribution is 5.95. The molecule has 0 aliphatic heterocycles. The molecule has 3 heteroatoms. The van der Waals surface area contributed by atoms with Crippen LogP contribution in [0.4, 0.5) is 0 Å². The van der Waals surface area contributed by atoms with Crippen molar-refractivity contribution in [2.75, 3.05) is 0 Å². The predicted molar refractivity (Wildman–Crippen MR) is 67.1 cm³/mol. The summed E-state index contributed by atoms with van der Waals surface area (Å²) in [4.78, 5) is 12.1. The number of benzene rings is 1. The minimum atomic E-state index is 0.119. The zero-order valence-corrected chi connectivity index (χ0v) is 10.2. The zero-order chi connectivity index (χ0) is 12.3.